The number of ether oxygens (including phenoxy) is 1. The first-order valence-corrected chi connectivity index (χ1v) is 13.8. The van der Waals surface area contributed by atoms with Crippen LogP contribution in [-0.2, 0) is 17.4 Å². The Kier molecular flexibility index (Phi) is 6.75. The van der Waals surface area contributed by atoms with Gasteiger partial charge in [-0.15, -0.1) is 0 Å². The van der Waals surface area contributed by atoms with Crippen LogP contribution in [-0.4, -0.2) is 32.9 Å². The van der Waals surface area contributed by atoms with Gasteiger partial charge in [-0.2, -0.15) is 0 Å². The van der Waals surface area contributed by atoms with Crippen LogP contribution in [0.4, 0.5) is 0 Å². The van der Waals surface area contributed by atoms with E-state index in [0.29, 0.717) is 30.2 Å². The lowest BCUT2D eigenvalue weighted by molar-refractivity contribution is 0.0526. The van der Waals surface area contributed by atoms with Gasteiger partial charge in [-0.25, -0.2) is 8.93 Å². The molecule has 0 radical (unpaired) electrons. The second-order valence-corrected chi connectivity index (χ2v) is 12.9. The fraction of sp³-hybridized carbons (Fsp3) is 0.367. The molecular weight excluding hydrogens is 468 g/mol. The number of hydrogen-bond acceptors (Lipinski definition) is 3. The third-order valence-electron chi connectivity index (χ3n) is 7.44. The Morgan fingerprint density at radius 2 is 1.58 bits per heavy atom. The summed E-state index contributed by atoms with van der Waals surface area (Å²) in [4.78, 5) is 15.5. The highest BCUT2D eigenvalue weighted by molar-refractivity contribution is 7.84. The van der Waals surface area contributed by atoms with Crippen molar-refractivity contribution in [3.05, 3.63) is 95.6 Å². The Labute approximate surface area is 216 Å². The lowest BCUT2D eigenvalue weighted by Gasteiger charge is -2.44. The van der Waals surface area contributed by atoms with Gasteiger partial charge in [0.2, 0.25) is 0 Å². The molecule has 0 saturated carbocycles. The molecule has 1 spiro atoms. The van der Waals surface area contributed by atoms with Crippen LogP contribution in [0.5, 0.6) is 11.5 Å². The van der Waals surface area contributed by atoms with E-state index in [9.17, 15) is 9.00 Å². The van der Waals surface area contributed by atoms with Gasteiger partial charge in [-0.05, 0) is 80.8 Å². The van der Waals surface area contributed by atoms with Crippen molar-refractivity contribution >= 4 is 16.9 Å². The monoisotopic (exact) mass is 502 g/mol. The van der Waals surface area contributed by atoms with Crippen molar-refractivity contribution in [2.45, 2.75) is 50.8 Å². The van der Waals surface area contributed by atoms with Crippen LogP contribution in [0.25, 0.3) is 0 Å². The van der Waals surface area contributed by atoms with Crippen LogP contribution in [0.3, 0.4) is 0 Å². The molecule has 188 valence electrons. The second kappa shape index (κ2) is 9.83. The minimum Gasteiger partial charge on any atom is -0.457 e. The van der Waals surface area contributed by atoms with Crippen molar-refractivity contribution in [3.8, 4) is 11.5 Å². The van der Waals surface area contributed by atoms with Crippen LogP contribution in [0.15, 0.2) is 78.9 Å². The normalized spacial score (nSPS) is 19.6. The fourth-order valence-corrected chi connectivity index (χ4v) is 6.34. The van der Waals surface area contributed by atoms with Gasteiger partial charge in [0.05, 0.1) is 27.3 Å². The molecule has 1 fully saturated rings. The van der Waals surface area contributed by atoms with Gasteiger partial charge in [0.15, 0.2) is 0 Å². The predicted molar refractivity (Wildman–Crippen MR) is 144 cm³/mol. The molecule has 2 aliphatic rings. The van der Waals surface area contributed by atoms with Crippen LogP contribution < -0.4 is 9.46 Å². The fourth-order valence-electron chi connectivity index (χ4n) is 5.40. The molecule has 1 aliphatic carbocycles. The Balaban J connectivity index is 1.34. The van der Waals surface area contributed by atoms with E-state index >= 15 is 0 Å². The lowest BCUT2D eigenvalue weighted by Crippen LogP contribution is -2.49. The SMILES string of the molecule is CC(C)(C)S(=O)N[C@@H]1c2ccccc2CC12CCN(C(=O)c1ccccc1Oc1ccccc1)CC2. The topological polar surface area (TPSA) is 58.6 Å². The summed E-state index contributed by atoms with van der Waals surface area (Å²) in [5.41, 5.74) is 3.09. The molecule has 0 aromatic heterocycles. The van der Waals surface area contributed by atoms with Crippen molar-refractivity contribution in [1.82, 2.24) is 9.62 Å². The van der Waals surface area contributed by atoms with E-state index in [4.69, 9.17) is 4.74 Å². The molecule has 1 unspecified atom stereocenters. The molecule has 1 heterocycles. The highest BCUT2D eigenvalue weighted by atomic mass is 32.2. The third-order valence-corrected chi connectivity index (χ3v) is 9.00. The average molecular weight is 503 g/mol. The Morgan fingerprint density at radius 3 is 2.31 bits per heavy atom. The maximum Gasteiger partial charge on any atom is 0.257 e. The molecule has 0 bridgehead atoms. The maximum absolute atomic E-state index is 13.6. The van der Waals surface area contributed by atoms with Crippen molar-refractivity contribution in [2.75, 3.05) is 13.1 Å². The molecule has 6 heteroatoms. The van der Waals surface area contributed by atoms with Gasteiger partial charge in [-0.3, -0.25) is 4.79 Å². The zero-order chi connectivity index (χ0) is 25.3. The van der Waals surface area contributed by atoms with Gasteiger partial charge in [0.1, 0.15) is 11.5 Å². The summed E-state index contributed by atoms with van der Waals surface area (Å²) in [5, 5.41) is 0. The summed E-state index contributed by atoms with van der Waals surface area (Å²) in [6.07, 6.45) is 2.65. The van der Waals surface area contributed by atoms with E-state index in [1.165, 1.54) is 11.1 Å². The Bertz CT molecular complexity index is 1260. The molecule has 3 aromatic rings. The van der Waals surface area contributed by atoms with Crippen molar-refractivity contribution in [2.24, 2.45) is 5.41 Å². The van der Waals surface area contributed by atoms with E-state index in [2.05, 4.69) is 29.0 Å². The zero-order valence-corrected chi connectivity index (χ0v) is 22.0. The van der Waals surface area contributed by atoms with Gasteiger partial charge in [0.25, 0.3) is 5.91 Å². The number of benzene rings is 3. The number of carbonyl (C=O) groups excluding carboxylic acids is 1. The van der Waals surface area contributed by atoms with E-state index < -0.39 is 11.0 Å². The highest BCUT2D eigenvalue weighted by Crippen LogP contribution is 2.52. The lowest BCUT2D eigenvalue weighted by atomic mass is 9.73. The van der Waals surface area contributed by atoms with Crippen molar-refractivity contribution in [1.29, 1.82) is 0 Å². The minimum atomic E-state index is -1.18. The number of nitrogens with one attached hydrogen (secondary N) is 1. The molecule has 1 N–H and O–H groups in total. The summed E-state index contributed by atoms with van der Waals surface area (Å²) in [7, 11) is -1.18. The van der Waals surface area contributed by atoms with Crippen LogP contribution >= 0.6 is 0 Å². The van der Waals surface area contributed by atoms with Crippen molar-refractivity contribution < 1.29 is 13.7 Å². The third kappa shape index (κ3) is 4.84. The number of likely N-dealkylation sites (tertiary alicyclic amines) is 1. The van der Waals surface area contributed by atoms with Gasteiger partial charge < -0.3 is 9.64 Å². The average Bonchev–Trinajstić information content (AvgIpc) is 3.17. The van der Waals surface area contributed by atoms with Gasteiger partial charge in [0, 0.05) is 13.1 Å². The summed E-state index contributed by atoms with van der Waals surface area (Å²) >= 11 is 0. The first-order chi connectivity index (χ1) is 17.3. The summed E-state index contributed by atoms with van der Waals surface area (Å²) < 4.78 is 22.3. The standard InChI is InChI=1S/C30H34N2O3S/c1-29(2,3)36(34)31-27-24-14-8-7-11-22(24)21-30(27)17-19-32(20-18-30)28(33)25-15-9-10-16-26(25)35-23-12-5-4-6-13-23/h4-16,27,31H,17-21H2,1-3H3/t27-,36?/m1/s1. The molecule has 5 rings (SSSR count). The number of nitrogens with zero attached hydrogens (tertiary/aromatic N) is 1. The molecular formula is C30H34N2O3S. The maximum atomic E-state index is 13.6. The summed E-state index contributed by atoms with van der Waals surface area (Å²) in [6, 6.07) is 25.5. The highest BCUT2D eigenvalue weighted by Gasteiger charge is 2.49. The van der Waals surface area contributed by atoms with Crippen LogP contribution in [0.1, 0.15) is 61.1 Å². The van der Waals surface area contributed by atoms with E-state index in [-0.39, 0.29) is 22.1 Å². The Morgan fingerprint density at radius 1 is 0.944 bits per heavy atom. The number of amides is 1. The molecule has 36 heavy (non-hydrogen) atoms. The number of carbonyl (C=O) groups is 1. The van der Waals surface area contributed by atoms with Crippen LogP contribution in [0, 0.1) is 5.41 Å². The first-order valence-electron chi connectivity index (χ1n) is 12.6. The zero-order valence-electron chi connectivity index (χ0n) is 21.2. The molecule has 1 amide bonds. The smallest absolute Gasteiger partial charge is 0.257 e. The largest absolute Gasteiger partial charge is 0.457 e. The molecule has 2 atom stereocenters. The number of hydrogen-bond donors (Lipinski definition) is 1. The quantitative estimate of drug-likeness (QED) is 0.462. The van der Waals surface area contributed by atoms with Gasteiger partial charge >= 0.3 is 0 Å². The summed E-state index contributed by atoms with van der Waals surface area (Å²) in [5.74, 6) is 1.27. The molecule has 1 saturated heterocycles. The molecule has 3 aromatic carbocycles. The van der Waals surface area contributed by atoms with E-state index in [1.54, 1.807) is 0 Å². The van der Waals surface area contributed by atoms with E-state index in [0.717, 1.165) is 19.3 Å². The van der Waals surface area contributed by atoms with Crippen molar-refractivity contribution in [3.63, 3.8) is 0 Å². The van der Waals surface area contributed by atoms with Gasteiger partial charge in [-0.1, -0.05) is 54.6 Å². The number of piperidine rings is 1. The number of fused-ring (bicyclic) bond motifs is 1. The second-order valence-electron chi connectivity index (χ2n) is 10.9. The predicted octanol–water partition coefficient (Wildman–Crippen LogP) is 6.05. The number of para-hydroxylation sites is 2. The minimum absolute atomic E-state index is 0.00494. The van der Waals surface area contributed by atoms with E-state index in [1.807, 2.05) is 80.3 Å². The summed E-state index contributed by atoms with van der Waals surface area (Å²) in [6.45, 7) is 7.32. The Hall–Kier alpha value is -2.96. The van der Waals surface area contributed by atoms with Crippen LogP contribution in [0.2, 0.25) is 0 Å². The molecule has 5 nitrogen and oxygen atoms in total. The first kappa shape index (κ1) is 24.7. The number of rotatable bonds is 5. The molecule has 1 aliphatic heterocycles.